The summed E-state index contributed by atoms with van der Waals surface area (Å²) >= 11 is 0. The lowest BCUT2D eigenvalue weighted by atomic mass is 9.94. The standard InChI is InChI=1S/C34H42N4O6/c1-22-21-43-31(35-22)28-16-10-17-37(28)32(41)25-14-8-13-24(20-25)30(40)36-26(19-23-11-6-5-7-12-23)29(39)27-15-9-18-38(27)33(42)44-34(2,3)4/h5-8,11-14,20-21,26-29,39H,9-10,15-19H2,1-4H3,(H,36,40)/t26?,27-,28+,29-/m0/s1. The van der Waals surface area contributed by atoms with E-state index >= 15 is 0 Å². The molecule has 2 aliphatic heterocycles. The molecule has 2 N–H and O–H groups in total. The second-order valence-electron chi connectivity index (χ2n) is 12.7. The van der Waals surface area contributed by atoms with Crippen LogP contribution < -0.4 is 5.32 Å². The molecule has 5 rings (SSSR count). The third-order valence-electron chi connectivity index (χ3n) is 8.16. The Kier molecular flexibility index (Phi) is 9.39. The van der Waals surface area contributed by atoms with Gasteiger partial charge in [-0.25, -0.2) is 9.78 Å². The molecule has 1 unspecified atom stereocenters. The van der Waals surface area contributed by atoms with E-state index in [1.54, 1.807) is 40.3 Å². The Balaban J connectivity index is 1.34. The molecule has 1 aromatic heterocycles. The first-order valence-electron chi connectivity index (χ1n) is 15.4. The normalized spacial score (nSPS) is 19.9. The number of aromatic nitrogens is 1. The lowest BCUT2D eigenvalue weighted by molar-refractivity contribution is -0.00161. The molecule has 4 atom stereocenters. The molecule has 0 bridgehead atoms. The zero-order valence-electron chi connectivity index (χ0n) is 25.9. The van der Waals surface area contributed by atoms with Crippen molar-refractivity contribution in [1.82, 2.24) is 20.1 Å². The summed E-state index contributed by atoms with van der Waals surface area (Å²) in [6.45, 7) is 8.31. The Morgan fingerprint density at radius 1 is 1.02 bits per heavy atom. The van der Waals surface area contributed by atoms with Gasteiger partial charge in [0.2, 0.25) is 5.89 Å². The maximum Gasteiger partial charge on any atom is 0.410 e. The number of ether oxygens (including phenoxy) is 1. The van der Waals surface area contributed by atoms with E-state index in [-0.39, 0.29) is 11.9 Å². The number of aliphatic hydroxyl groups is 1. The number of amides is 3. The molecule has 2 aromatic carbocycles. The highest BCUT2D eigenvalue weighted by molar-refractivity contribution is 6.00. The van der Waals surface area contributed by atoms with Gasteiger partial charge < -0.3 is 29.4 Å². The van der Waals surface area contributed by atoms with Gasteiger partial charge in [0, 0.05) is 24.2 Å². The van der Waals surface area contributed by atoms with Gasteiger partial charge in [0.15, 0.2) is 0 Å². The predicted octanol–water partition coefficient (Wildman–Crippen LogP) is 5.06. The molecule has 234 valence electrons. The van der Waals surface area contributed by atoms with Gasteiger partial charge in [-0.1, -0.05) is 36.4 Å². The van der Waals surface area contributed by atoms with Crippen molar-refractivity contribution in [1.29, 1.82) is 0 Å². The number of carbonyl (C=O) groups excluding carboxylic acids is 3. The van der Waals surface area contributed by atoms with E-state index in [1.165, 1.54) is 0 Å². The quantitative estimate of drug-likeness (QED) is 0.369. The second kappa shape index (κ2) is 13.2. The molecule has 3 heterocycles. The Morgan fingerprint density at radius 2 is 1.73 bits per heavy atom. The number of nitrogens with one attached hydrogen (secondary N) is 1. The molecule has 44 heavy (non-hydrogen) atoms. The zero-order valence-corrected chi connectivity index (χ0v) is 25.9. The largest absolute Gasteiger partial charge is 0.446 e. The molecule has 0 radical (unpaired) electrons. The Morgan fingerprint density at radius 3 is 2.43 bits per heavy atom. The maximum atomic E-state index is 13.7. The number of carbonyl (C=O) groups is 3. The van der Waals surface area contributed by atoms with Crippen LogP contribution >= 0.6 is 0 Å². The number of oxazole rings is 1. The predicted molar refractivity (Wildman–Crippen MR) is 164 cm³/mol. The fraction of sp³-hybridized carbons (Fsp3) is 0.471. The van der Waals surface area contributed by atoms with Crippen LogP contribution in [-0.2, 0) is 11.2 Å². The van der Waals surface area contributed by atoms with Gasteiger partial charge >= 0.3 is 6.09 Å². The topological polar surface area (TPSA) is 125 Å². The summed E-state index contributed by atoms with van der Waals surface area (Å²) in [7, 11) is 0. The van der Waals surface area contributed by atoms with Crippen LogP contribution in [-0.4, -0.2) is 74.7 Å². The molecule has 0 spiro atoms. The Hall–Kier alpha value is -4.18. The van der Waals surface area contributed by atoms with Crippen LogP contribution in [0.3, 0.4) is 0 Å². The molecule has 2 aliphatic rings. The van der Waals surface area contributed by atoms with Crippen molar-refractivity contribution < 1.29 is 28.6 Å². The van der Waals surface area contributed by atoms with Crippen molar-refractivity contribution in [3.8, 4) is 0 Å². The van der Waals surface area contributed by atoms with Gasteiger partial charge in [0.05, 0.1) is 23.9 Å². The zero-order chi connectivity index (χ0) is 31.4. The average molecular weight is 603 g/mol. The molecular formula is C34H42N4O6. The highest BCUT2D eigenvalue weighted by Gasteiger charge is 2.40. The van der Waals surface area contributed by atoms with Crippen LogP contribution in [0, 0.1) is 6.92 Å². The second-order valence-corrected chi connectivity index (χ2v) is 12.7. The first kappa shape index (κ1) is 31.3. The summed E-state index contributed by atoms with van der Waals surface area (Å²) < 4.78 is 11.2. The van der Waals surface area contributed by atoms with Crippen molar-refractivity contribution >= 4 is 17.9 Å². The molecule has 10 nitrogen and oxygen atoms in total. The molecule has 2 fully saturated rings. The highest BCUT2D eigenvalue weighted by Crippen LogP contribution is 2.33. The summed E-state index contributed by atoms with van der Waals surface area (Å²) in [5, 5.41) is 14.7. The van der Waals surface area contributed by atoms with E-state index in [9.17, 15) is 19.5 Å². The van der Waals surface area contributed by atoms with Crippen LogP contribution in [0.5, 0.6) is 0 Å². The van der Waals surface area contributed by atoms with Crippen LogP contribution in [0.25, 0.3) is 0 Å². The monoisotopic (exact) mass is 602 g/mol. The first-order chi connectivity index (χ1) is 21.0. The summed E-state index contributed by atoms with van der Waals surface area (Å²) in [6.07, 6.45) is 3.32. The fourth-order valence-electron chi connectivity index (χ4n) is 6.09. The molecular weight excluding hydrogens is 560 g/mol. The van der Waals surface area contributed by atoms with Gasteiger partial charge in [-0.15, -0.1) is 0 Å². The van der Waals surface area contributed by atoms with Crippen molar-refractivity contribution in [3.05, 3.63) is 89.1 Å². The van der Waals surface area contributed by atoms with Gasteiger partial charge in [-0.2, -0.15) is 0 Å². The lowest BCUT2D eigenvalue weighted by Gasteiger charge is -2.35. The van der Waals surface area contributed by atoms with E-state index in [4.69, 9.17) is 9.15 Å². The van der Waals surface area contributed by atoms with Crippen molar-refractivity contribution in [2.24, 2.45) is 0 Å². The smallest absolute Gasteiger partial charge is 0.410 e. The summed E-state index contributed by atoms with van der Waals surface area (Å²) in [4.78, 5) is 48.0. The van der Waals surface area contributed by atoms with Gasteiger partial charge in [-0.3, -0.25) is 9.59 Å². The van der Waals surface area contributed by atoms with Crippen molar-refractivity contribution in [3.63, 3.8) is 0 Å². The molecule has 3 amide bonds. The SMILES string of the molecule is Cc1coc([C@H]2CCCN2C(=O)c2cccc(C(=O)NC(Cc3ccccc3)[C@H](O)[C@@H]3CCCN3C(=O)OC(C)(C)C)c2)n1. The number of hydrogen-bond donors (Lipinski definition) is 2. The lowest BCUT2D eigenvalue weighted by Crippen LogP contribution is -2.54. The first-order valence-corrected chi connectivity index (χ1v) is 15.4. The number of benzene rings is 2. The van der Waals surface area contributed by atoms with E-state index in [0.717, 1.165) is 30.5 Å². The Labute approximate surface area is 258 Å². The number of likely N-dealkylation sites (tertiary alicyclic amines) is 2. The minimum atomic E-state index is -1.05. The summed E-state index contributed by atoms with van der Waals surface area (Å²) in [5.74, 6) is -0.0899. The van der Waals surface area contributed by atoms with Gasteiger partial charge in [0.1, 0.15) is 17.9 Å². The third kappa shape index (κ3) is 7.30. The molecule has 3 aromatic rings. The van der Waals surface area contributed by atoms with Crippen LogP contribution in [0.1, 0.15) is 90.4 Å². The number of rotatable bonds is 8. The van der Waals surface area contributed by atoms with Crippen LogP contribution in [0.2, 0.25) is 0 Å². The van der Waals surface area contributed by atoms with Crippen molar-refractivity contribution in [2.45, 2.75) is 89.6 Å². The van der Waals surface area contributed by atoms with Crippen molar-refractivity contribution in [2.75, 3.05) is 13.1 Å². The number of aliphatic hydroxyl groups excluding tert-OH is 1. The fourth-order valence-corrected chi connectivity index (χ4v) is 6.09. The highest BCUT2D eigenvalue weighted by atomic mass is 16.6. The van der Waals surface area contributed by atoms with E-state index in [0.29, 0.717) is 42.9 Å². The average Bonchev–Trinajstić information content (AvgIpc) is 3.77. The van der Waals surface area contributed by atoms with E-state index < -0.39 is 35.8 Å². The molecule has 0 aliphatic carbocycles. The number of aryl methyl sites for hydroxylation is 1. The van der Waals surface area contributed by atoms with E-state index in [2.05, 4.69) is 10.3 Å². The van der Waals surface area contributed by atoms with Crippen LogP contribution in [0.4, 0.5) is 4.79 Å². The number of hydrogen-bond acceptors (Lipinski definition) is 7. The number of nitrogens with zero attached hydrogens (tertiary/aromatic N) is 3. The van der Waals surface area contributed by atoms with Crippen LogP contribution in [0.15, 0.2) is 65.3 Å². The minimum Gasteiger partial charge on any atom is -0.446 e. The van der Waals surface area contributed by atoms with Gasteiger partial charge in [0.25, 0.3) is 11.8 Å². The third-order valence-corrected chi connectivity index (χ3v) is 8.16. The molecule has 10 heteroatoms. The molecule has 2 saturated heterocycles. The summed E-state index contributed by atoms with van der Waals surface area (Å²) in [6, 6.07) is 14.8. The molecule has 0 saturated carbocycles. The van der Waals surface area contributed by atoms with E-state index in [1.807, 2.05) is 58.0 Å². The summed E-state index contributed by atoms with van der Waals surface area (Å²) in [5.41, 5.74) is 1.72. The minimum absolute atomic E-state index is 0.196. The maximum absolute atomic E-state index is 13.7. The van der Waals surface area contributed by atoms with Gasteiger partial charge in [-0.05, 0) is 83.6 Å². The Bertz CT molecular complexity index is 1470.